The zero-order valence-corrected chi connectivity index (χ0v) is 15.0. The van der Waals surface area contributed by atoms with E-state index in [4.69, 9.17) is 0 Å². The highest BCUT2D eigenvalue weighted by atomic mass is 16.2. The van der Waals surface area contributed by atoms with Crippen LogP contribution in [0.1, 0.15) is 44.5 Å². The van der Waals surface area contributed by atoms with E-state index in [0.717, 1.165) is 51.5 Å². The van der Waals surface area contributed by atoms with Gasteiger partial charge in [-0.1, -0.05) is 0 Å². The molecule has 1 aliphatic rings. The van der Waals surface area contributed by atoms with Gasteiger partial charge in [-0.2, -0.15) is 0 Å². The molecule has 1 aliphatic heterocycles. The van der Waals surface area contributed by atoms with Crippen LogP contribution in [0.25, 0.3) is 0 Å². The fraction of sp³-hybridized carbons (Fsp3) is 0.667. The van der Waals surface area contributed by atoms with Gasteiger partial charge in [-0.15, -0.1) is 0 Å². The van der Waals surface area contributed by atoms with Gasteiger partial charge in [-0.3, -0.25) is 9.69 Å². The zero-order chi connectivity index (χ0) is 16.8. The first-order valence-electron chi connectivity index (χ1n) is 8.81. The zero-order valence-electron chi connectivity index (χ0n) is 15.0. The van der Waals surface area contributed by atoms with Gasteiger partial charge in [0, 0.05) is 51.5 Å². The third-order valence-corrected chi connectivity index (χ3v) is 4.63. The molecule has 0 N–H and O–H groups in total. The van der Waals surface area contributed by atoms with E-state index in [-0.39, 0.29) is 5.91 Å². The predicted molar refractivity (Wildman–Crippen MR) is 95.0 cm³/mol. The summed E-state index contributed by atoms with van der Waals surface area (Å²) in [5.41, 5.74) is 0.693. The molecule has 0 saturated carbocycles. The average molecular weight is 318 g/mol. The molecule has 0 bridgehead atoms. The third-order valence-electron chi connectivity index (χ3n) is 4.63. The van der Waals surface area contributed by atoms with E-state index >= 15 is 0 Å². The molecule has 0 radical (unpaired) electrons. The van der Waals surface area contributed by atoms with Gasteiger partial charge in [-0.05, 0) is 46.2 Å². The molecular weight excluding hydrogens is 288 g/mol. The molecule has 5 heteroatoms. The van der Waals surface area contributed by atoms with E-state index < -0.39 is 0 Å². The van der Waals surface area contributed by atoms with Crippen LogP contribution in [0.15, 0.2) is 18.3 Å². The van der Waals surface area contributed by atoms with Crippen molar-refractivity contribution in [2.75, 3.05) is 44.2 Å². The van der Waals surface area contributed by atoms with Crippen molar-refractivity contribution in [1.29, 1.82) is 0 Å². The first kappa shape index (κ1) is 17.7. The Morgan fingerprint density at radius 3 is 2.48 bits per heavy atom. The standard InChI is InChI=1S/C18H30N4O/c1-5-20(6-2)17-9-8-16(14-19-17)18(23)22-11-7-10-21(12-13-22)15(3)4/h8-9,14-15H,5-7,10-13H2,1-4H3. The van der Waals surface area contributed by atoms with Crippen molar-refractivity contribution >= 4 is 11.7 Å². The van der Waals surface area contributed by atoms with E-state index in [1.165, 1.54) is 0 Å². The van der Waals surface area contributed by atoms with Crippen molar-refractivity contribution in [3.8, 4) is 0 Å². The molecule has 1 aromatic heterocycles. The third kappa shape index (κ3) is 4.44. The summed E-state index contributed by atoms with van der Waals surface area (Å²) in [6.07, 6.45) is 2.76. The van der Waals surface area contributed by atoms with Crippen LogP contribution in [0.2, 0.25) is 0 Å². The normalized spacial score (nSPS) is 16.5. The number of hydrogen-bond donors (Lipinski definition) is 0. The number of rotatable bonds is 5. The van der Waals surface area contributed by atoms with Gasteiger partial charge in [-0.25, -0.2) is 4.98 Å². The Hall–Kier alpha value is -1.62. The van der Waals surface area contributed by atoms with E-state index in [1.54, 1.807) is 6.20 Å². The number of pyridine rings is 1. The summed E-state index contributed by atoms with van der Waals surface area (Å²) in [4.78, 5) is 23.8. The molecule has 5 nitrogen and oxygen atoms in total. The average Bonchev–Trinajstić information content (AvgIpc) is 2.82. The monoisotopic (exact) mass is 318 g/mol. The minimum Gasteiger partial charge on any atom is -0.357 e. The maximum atomic E-state index is 12.7. The van der Waals surface area contributed by atoms with Crippen LogP contribution in [0.4, 0.5) is 5.82 Å². The minimum atomic E-state index is 0.106. The van der Waals surface area contributed by atoms with Gasteiger partial charge in [0.25, 0.3) is 5.91 Å². The van der Waals surface area contributed by atoms with Crippen LogP contribution in [-0.4, -0.2) is 66.0 Å². The van der Waals surface area contributed by atoms with Gasteiger partial charge >= 0.3 is 0 Å². The van der Waals surface area contributed by atoms with Crippen molar-refractivity contribution in [3.05, 3.63) is 23.9 Å². The molecule has 0 atom stereocenters. The van der Waals surface area contributed by atoms with Gasteiger partial charge in [0.2, 0.25) is 0 Å². The van der Waals surface area contributed by atoms with Crippen molar-refractivity contribution in [2.24, 2.45) is 0 Å². The second-order valence-electron chi connectivity index (χ2n) is 6.35. The highest BCUT2D eigenvalue weighted by Gasteiger charge is 2.21. The molecule has 0 spiro atoms. The first-order valence-corrected chi connectivity index (χ1v) is 8.81. The fourth-order valence-corrected chi connectivity index (χ4v) is 3.09. The Morgan fingerprint density at radius 1 is 1.17 bits per heavy atom. The lowest BCUT2D eigenvalue weighted by atomic mass is 10.2. The van der Waals surface area contributed by atoms with Crippen molar-refractivity contribution in [3.63, 3.8) is 0 Å². The molecule has 0 aliphatic carbocycles. The highest BCUT2D eigenvalue weighted by molar-refractivity contribution is 5.94. The van der Waals surface area contributed by atoms with Crippen LogP contribution in [-0.2, 0) is 0 Å². The molecule has 23 heavy (non-hydrogen) atoms. The second kappa shape index (κ2) is 8.29. The van der Waals surface area contributed by atoms with E-state index in [9.17, 15) is 4.79 Å². The summed E-state index contributed by atoms with van der Waals surface area (Å²) < 4.78 is 0. The number of carbonyl (C=O) groups excluding carboxylic acids is 1. The quantitative estimate of drug-likeness (QED) is 0.836. The molecule has 0 aromatic carbocycles. The Balaban J connectivity index is 2.02. The number of carbonyl (C=O) groups is 1. The lowest BCUT2D eigenvalue weighted by molar-refractivity contribution is 0.0759. The summed E-state index contributed by atoms with van der Waals surface area (Å²) in [5, 5.41) is 0. The maximum absolute atomic E-state index is 12.7. The van der Waals surface area contributed by atoms with Gasteiger partial charge in [0.05, 0.1) is 5.56 Å². The fourth-order valence-electron chi connectivity index (χ4n) is 3.09. The topological polar surface area (TPSA) is 39.7 Å². The van der Waals surface area contributed by atoms with Crippen LogP contribution >= 0.6 is 0 Å². The maximum Gasteiger partial charge on any atom is 0.255 e. The largest absolute Gasteiger partial charge is 0.357 e. The van der Waals surface area contributed by atoms with E-state index in [1.807, 2.05) is 17.0 Å². The van der Waals surface area contributed by atoms with E-state index in [2.05, 4.69) is 42.5 Å². The molecule has 1 fully saturated rings. The minimum absolute atomic E-state index is 0.106. The Morgan fingerprint density at radius 2 is 1.91 bits per heavy atom. The molecule has 128 valence electrons. The van der Waals surface area contributed by atoms with Gasteiger partial charge in [0.15, 0.2) is 0 Å². The molecule has 1 saturated heterocycles. The molecule has 1 aromatic rings. The summed E-state index contributed by atoms with van der Waals surface area (Å²) in [5.74, 6) is 1.04. The van der Waals surface area contributed by atoms with E-state index in [0.29, 0.717) is 11.6 Å². The molecular formula is C18H30N4O. The summed E-state index contributed by atoms with van der Waals surface area (Å²) >= 11 is 0. The summed E-state index contributed by atoms with van der Waals surface area (Å²) in [6, 6.07) is 4.41. The van der Waals surface area contributed by atoms with Gasteiger partial charge < -0.3 is 9.80 Å². The predicted octanol–water partition coefficient (Wildman–Crippen LogP) is 2.48. The highest BCUT2D eigenvalue weighted by Crippen LogP contribution is 2.14. The van der Waals surface area contributed by atoms with Crippen LogP contribution in [0.3, 0.4) is 0 Å². The lowest BCUT2D eigenvalue weighted by Crippen LogP contribution is -2.37. The second-order valence-corrected chi connectivity index (χ2v) is 6.35. The smallest absolute Gasteiger partial charge is 0.255 e. The number of anilines is 1. The van der Waals surface area contributed by atoms with Crippen LogP contribution in [0.5, 0.6) is 0 Å². The molecule has 1 amide bonds. The Kier molecular flexibility index (Phi) is 6.39. The number of amides is 1. The van der Waals surface area contributed by atoms with Crippen molar-refractivity contribution in [2.45, 2.75) is 40.2 Å². The van der Waals surface area contributed by atoms with Crippen molar-refractivity contribution in [1.82, 2.24) is 14.8 Å². The number of hydrogen-bond acceptors (Lipinski definition) is 4. The van der Waals surface area contributed by atoms with Gasteiger partial charge in [0.1, 0.15) is 5.82 Å². The van der Waals surface area contributed by atoms with Crippen LogP contribution < -0.4 is 4.90 Å². The number of nitrogens with zero attached hydrogens (tertiary/aromatic N) is 4. The molecule has 0 unspecified atom stereocenters. The van der Waals surface area contributed by atoms with Crippen LogP contribution in [0, 0.1) is 0 Å². The first-order chi connectivity index (χ1) is 11.1. The summed E-state index contributed by atoms with van der Waals surface area (Å²) in [7, 11) is 0. The number of aromatic nitrogens is 1. The molecule has 2 heterocycles. The van der Waals surface area contributed by atoms with Crippen molar-refractivity contribution < 1.29 is 4.79 Å². The SMILES string of the molecule is CCN(CC)c1ccc(C(=O)N2CCCN(C(C)C)CC2)cn1. The Labute approximate surface area is 140 Å². The Bertz CT molecular complexity index is 496. The lowest BCUT2D eigenvalue weighted by Gasteiger charge is -2.25. The summed E-state index contributed by atoms with van der Waals surface area (Å²) in [6.45, 7) is 14.2. The molecule has 2 rings (SSSR count).